The predicted octanol–water partition coefficient (Wildman–Crippen LogP) is 2.03. The molecule has 3 rings (SSSR count). The van der Waals surface area contributed by atoms with Gasteiger partial charge in [0.2, 0.25) is 0 Å². The van der Waals surface area contributed by atoms with Crippen molar-refractivity contribution in [1.29, 1.82) is 0 Å². The lowest BCUT2D eigenvalue weighted by Crippen LogP contribution is -2.47. The average molecular weight is 345 g/mol. The van der Waals surface area contributed by atoms with Crippen LogP contribution in [0.2, 0.25) is 0 Å². The fourth-order valence-electron chi connectivity index (χ4n) is 2.93. The Hall–Kier alpha value is -2.64. The van der Waals surface area contributed by atoms with Crippen molar-refractivity contribution in [2.45, 2.75) is 18.2 Å². The summed E-state index contributed by atoms with van der Waals surface area (Å²) in [4.78, 5) is 12.2. The van der Waals surface area contributed by atoms with E-state index in [1.54, 1.807) is 7.11 Å². The van der Waals surface area contributed by atoms with Crippen LogP contribution in [-0.2, 0) is 0 Å². The van der Waals surface area contributed by atoms with Gasteiger partial charge in [-0.05, 0) is 42.0 Å². The monoisotopic (exact) mass is 345 g/mol. The van der Waals surface area contributed by atoms with Crippen molar-refractivity contribution in [2.75, 3.05) is 19.0 Å². The molecule has 25 heavy (non-hydrogen) atoms. The molecule has 1 aliphatic heterocycles. The number of methoxy groups -OCH3 is 1. The molecule has 1 heterocycles. The van der Waals surface area contributed by atoms with Gasteiger partial charge in [-0.25, -0.2) is 9.18 Å². The normalized spacial score (nSPS) is 22.4. The van der Waals surface area contributed by atoms with Crippen LogP contribution in [0.1, 0.15) is 11.5 Å². The molecule has 0 bridgehead atoms. The summed E-state index contributed by atoms with van der Waals surface area (Å²) in [7, 11) is 1.60. The zero-order valence-corrected chi connectivity index (χ0v) is 13.7. The molecule has 1 saturated heterocycles. The number of anilines is 1. The molecule has 0 aliphatic carbocycles. The van der Waals surface area contributed by atoms with E-state index in [2.05, 4.69) is 16.0 Å². The number of carbonyl (C=O) groups is 1. The standard InChI is InChI=1S/C18H20FN3O3/c1-25-14-8-2-11(3-9-14)15-10-20-17(23)16(15)22-18(24)21-13-6-4-12(19)5-7-13/h2-9,15-17,20,23H,10H2,1H3,(H2,21,22,24)/t15?,16-,17?/m0/s1. The lowest BCUT2D eigenvalue weighted by molar-refractivity contribution is 0.129. The smallest absolute Gasteiger partial charge is 0.319 e. The highest BCUT2D eigenvalue weighted by atomic mass is 19.1. The molecule has 2 unspecified atom stereocenters. The van der Waals surface area contributed by atoms with E-state index in [4.69, 9.17) is 4.74 Å². The Morgan fingerprint density at radius 2 is 1.88 bits per heavy atom. The van der Waals surface area contributed by atoms with Gasteiger partial charge in [0.05, 0.1) is 13.2 Å². The number of hydrogen-bond acceptors (Lipinski definition) is 4. The van der Waals surface area contributed by atoms with Gasteiger partial charge in [-0.3, -0.25) is 5.32 Å². The Bertz CT molecular complexity index is 721. The number of halogens is 1. The Morgan fingerprint density at radius 3 is 2.52 bits per heavy atom. The van der Waals surface area contributed by atoms with Gasteiger partial charge in [-0.1, -0.05) is 12.1 Å². The van der Waals surface area contributed by atoms with Gasteiger partial charge in [-0.15, -0.1) is 0 Å². The van der Waals surface area contributed by atoms with E-state index in [9.17, 15) is 14.3 Å². The van der Waals surface area contributed by atoms with Crippen molar-refractivity contribution in [3.8, 4) is 5.75 Å². The Kier molecular flexibility index (Phi) is 5.16. The quantitative estimate of drug-likeness (QED) is 0.683. The van der Waals surface area contributed by atoms with Gasteiger partial charge in [0.15, 0.2) is 0 Å². The van der Waals surface area contributed by atoms with Gasteiger partial charge in [0.25, 0.3) is 0 Å². The average Bonchev–Trinajstić information content (AvgIpc) is 2.98. The minimum absolute atomic E-state index is 0.0835. The van der Waals surface area contributed by atoms with Crippen LogP contribution in [0.5, 0.6) is 5.75 Å². The Balaban J connectivity index is 1.67. The molecule has 2 aromatic rings. The van der Waals surface area contributed by atoms with Gasteiger partial charge in [0, 0.05) is 18.2 Å². The van der Waals surface area contributed by atoms with E-state index in [1.807, 2.05) is 24.3 Å². The maximum atomic E-state index is 12.9. The molecular weight excluding hydrogens is 325 g/mol. The first kappa shape index (κ1) is 17.2. The van der Waals surface area contributed by atoms with Gasteiger partial charge in [-0.2, -0.15) is 0 Å². The second kappa shape index (κ2) is 7.50. The first-order valence-corrected chi connectivity index (χ1v) is 7.95. The van der Waals surface area contributed by atoms with Crippen LogP contribution in [0.25, 0.3) is 0 Å². The van der Waals surface area contributed by atoms with Gasteiger partial charge in [0.1, 0.15) is 17.8 Å². The number of hydrogen-bond donors (Lipinski definition) is 4. The summed E-state index contributed by atoms with van der Waals surface area (Å²) in [6, 6.07) is 12.0. The lowest BCUT2D eigenvalue weighted by Gasteiger charge is -2.23. The van der Waals surface area contributed by atoms with Gasteiger partial charge >= 0.3 is 6.03 Å². The number of rotatable bonds is 4. The third-order valence-electron chi connectivity index (χ3n) is 4.26. The van der Waals surface area contributed by atoms with E-state index >= 15 is 0 Å². The molecule has 132 valence electrons. The minimum Gasteiger partial charge on any atom is -0.497 e. The van der Waals surface area contributed by atoms with E-state index in [0.717, 1.165) is 11.3 Å². The molecule has 0 spiro atoms. The second-order valence-electron chi connectivity index (χ2n) is 5.86. The Labute approximate surface area is 145 Å². The highest BCUT2D eigenvalue weighted by Crippen LogP contribution is 2.27. The molecule has 0 aromatic heterocycles. The summed E-state index contributed by atoms with van der Waals surface area (Å²) in [5.41, 5.74) is 1.46. The van der Waals surface area contributed by atoms with Crippen LogP contribution in [0.4, 0.5) is 14.9 Å². The van der Waals surface area contributed by atoms with E-state index in [1.165, 1.54) is 24.3 Å². The number of aliphatic hydroxyl groups is 1. The van der Waals surface area contributed by atoms with Crippen molar-refractivity contribution in [3.05, 3.63) is 59.9 Å². The number of urea groups is 1. The minimum atomic E-state index is -0.855. The van der Waals surface area contributed by atoms with Gasteiger partial charge < -0.3 is 20.5 Å². The van der Waals surface area contributed by atoms with Crippen molar-refractivity contribution >= 4 is 11.7 Å². The molecular formula is C18H20FN3O3. The van der Waals surface area contributed by atoms with Crippen LogP contribution < -0.4 is 20.7 Å². The SMILES string of the molecule is COc1ccc(C2CNC(O)[C@H]2NC(=O)Nc2ccc(F)cc2)cc1. The van der Waals surface area contributed by atoms with E-state index < -0.39 is 18.3 Å². The molecule has 2 amide bonds. The van der Waals surface area contributed by atoms with Crippen molar-refractivity contribution in [1.82, 2.24) is 10.6 Å². The fraction of sp³-hybridized carbons (Fsp3) is 0.278. The largest absolute Gasteiger partial charge is 0.497 e. The third-order valence-corrected chi connectivity index (χ3v) is 4.26. The fourth-order valence-corrected chi connectivity index (χ4v) is 2.93. The van der Waals surface area contributed by atoms with Crippen molar-refractivity contribution in [2.24, 2.45) is 0 Å². The number of benzene rings is 2. The Morgan fingerprint density at radius 1 is 1.20 bits per heavy atom. The lowest BCUT2D eigenvalue weighted by atomic mass is 9.93. The zero-order valence-electron chi connectivity index (χ0n) is 13.7. The molecule has 0 radical (unpaired) electrons. The van der Waals surface area contributed by atoms with E-state index in [0.29, 0.717) is 12.2 Å². The number of aliphatic hydroxyl groups excluding tert-OH is 1. The molecule has 1 aliphatic rings. The molecule has 6 nitrogen and oxygen atoms in total. The van der Waals surface area contributed by atoms with Crippen LogP contribution in [0.3, 0.4) is 0 Å². The molecule has 1 fully saturated rings. The summed E-state index contributed by atoms with van der Waals surface area (Å²) in [6.45, 7) is 0.537. The molecule has 2 aromatic carbocycles. The summed E-state index contributed by atoms with van der Waals surface area (Å²) < 4.78 is 18.1. The van der Waals surface area contributed by atoms with E-state index in [-0.39, 0.29) is 11.7 Å². The van der Waals surface area contributed by atoms with Crippen LogP contribution in [0.15, 0.2) is 48.5 Å². The molecule has 0 saturated carbocycles. The van der Waals surface area contributed by atoms with Crippen molar-refractivity contribution < 1.29 is 19.0 Å². The topological polar surface area (TPSA) is 82.6 Å². The predicted molar refractivity (Wildman–Crippen MR) is 92.1 cm³/mol. The summed E-state index contributed by atoms with van der Waals surface area (Å²) in [6.07, 6.45) is -0.855. The molecule has 4 N–H and O–H groups in total. The second-order valence-corrected chi connectivity index (χ2v) is 5.86. The van der Waals surface area contributed by atoms with Crippen molar-refractivity contribution in [3.63, 3.8) is 0 Å². The highest BCUT2D eigenvalue weighted by Gasteiger charge is 2.36. The number of ether oxygens (including phenoxy) is 1. The third kappa shape index (κ3) is 4.07. The molecule has 3 atom stereocenters. The number of carbonyl (C=O) groups excluding carboxylic acids is 1. The molecule has 7 heteroatoms. The summed E-state index contributed by atoms with van der Waals surface area (Å²) in [5.74, 6) is 0.287. The highest BCUT2D eigenvalue weighted by molar-refractivity contribution is 5.89. The van der Waals surface area contributed by atoms with Crippen LogP contribution >= 0.6 is 0 Å². The number of amides is 2. The maximum Gasteiger partial charge on any atom is 0.319 e. The summed E-state index contributed by atoms with van der Waals surface area (Å²) in [5, 5.41) is 18.5. The first-order valence-electron chi connectivity index (χ1n) is 7.95. The van der Waals surface area contributed by atoms with Crippen LogP contribution in [-0.4, -0.2) is 37.1 Å². The number of nitrogens with one attached hydrogen (secondary N) is 3. The zero-order chi connectivity index (χ0) is 17.8. The first-order chi connectivity index (χ1) is 12.1. The maximum absolute atomic E-state index is 12.9. The summed E-state index contributed by atoms with van der Waals surface area (Å²) >= 11 is 0. The van der Waals surface area contributed by atoms with Crippen LogP contribution in [0, 0.1) is 5.82 Å².